The van der Waals surface area contributed by atoms with Crippen LogP contribution in [0.4, 0.5) is 5.69 Å². The third-order valence-corrected chi connectivity index (χ3v) is 3.74. The normalized spacial score (nSPS) is 10.2. The van der Waals surface area contributed by atoms with Gasteiger partial charge in [-0.25, -0.2) is 4.79 Å². The molecule has 5 heteroatoms. The zero-order valence-electron chi connectivity index (χ0n) is 14.3. The van der Waals surface area contributed by atoms with E-state index in [1.54, 1.807) is 6.07 Å². The van der Waals surface area contributed by atoms with Gasteiger partial charge in [-0.05, 0) is 23.8 Å². The van der Waals surface area contributed by atoms with Crippen molar-refractivity contribution in [1.29, 1.82) is 0 Å². The van der Waals surface area contributed by atoms with Crippen LogP contribution < -0.4 is 15.2 Å². The topological polar surface area (TPSA) is 70.8 Å². The van der Waals surface area contributed by atoms with Gasteiger partial charge in [0.25, 0.3) is 0 Å². The SMILES string of the molecule is COc1cc(Oc2ccccc2)c(N)cc1C(=O)OCc1ccccc1. The molecule has 0 aliphatic heterocycles. The van der Waals surface area contributed by atoms with E-state index in [0.29, 0.717) is 22.9 Å². The Morgan fingerprint density at radius 2 is 1.58 bits per heavy atom. The average molecular weight is 349 g/mol. The Morgan fingerprint density at radius 3 is 2.23 bits per heavy atom. The maximum Gasteiger partial charge on any atom is 0.342 e. The molecule has 132 valence electrons. The van der Waals surface area contributed by atoms with Crippen LogP contribution >= 0.6 is 0 Å². The van der Waals surface area contributed by atoms with E-state index in [1.807, 2.05) is 60.7 Å². The Kier molecular flexibility index (Phi) is 5.39. The number of nitrogen functional groups attached to an aromatic ring is 1. The van der Waals surface area contributed by atoms with Crippen LogP contribution in [-0.2, 0) is 11.3 Å². The lowest BCUT2D eigenvalue weighted by atomic mass is 10.1. The molecule has 0 saturated carbocycles. The highest BCUT2D eigenvalue weighted by atomic mass is 16.5. The molecule has 5 nitrogen and oxygen atoms in total. The van der Waals surface area contributed by atoms with Crippen LogP contribution in [0.25, 0.3) is 0 Å². The van der Waals surface area contributed by atoms with Crippen molar-refractivity contribution in [2.75, 3.05) is 12.8 Å². The van der Waals surface area contributed by atoms with Gasteiger partial charge >= 0.3 is 5.97 Å². The number of esters is 1. The second-order valence-electron chi connectivity index (χ2n) is 5.57. The molecule has 0 aromatic heterocycles. The number of ether oxygens (including phenoxy) is 3. The number of anilines is 1. The van der Waals surface area contributed by atoms with Crippen LogP contribution in [0.15, 0.2) is 72.8 Å². The Labute approximate surface area is 151 Å². The van der Waals surface area contributed by atoms with Crippen molar-refractivity contribution >= 4 is 11.7 Å². The largest absolute Gasteiger partial charge is 0.496 e. The van der Waals surface area contributed by atoms with Gasteiger partial charge in [0.2, 0.25) is 0 Å². The Bertz CT molecular complexity index is 879. The smallest absolute Gasteiger partial charge is 0.342 e. The minimum Gasteiger partial charge on any atom is -0.496 e. The van der Waals surface area contributed by atoms with Crippen molar-refractivity contribution in [2.24, 2.45) is 0 Å². The first-order valence-corrected chi connectivity index (χ1v) is 8.09. The maximum absolute atomic E-state index is 12.4. The number of hydrogen-bond acceptors (Lipinski definition) is 5. The predicted octanol–water partition coefficient (Wildman–Crippen LogP) is 4.43. The van der Waals surface area contributed by atoms with Gasteiger partial charge in [0.1, 0.15) is 23.7 Å². The van der Waals surface area contributed by atoms with Gasteiger partial charge in [-0.15, -0.1) is 0 Å². The minimum absolute atomic E-state index is 0.172. The van der Waals surface area contributed by atoms with Gasteiger partial charge in [0, 0.05) is 6.07 Å². The molecule has 0 atom stereocenters. The van der Waals surface area contributed by atoms with Crippen LogP contribution in [0.3, 0.4) is 0 Å². The zero-order valence-corrected chi connectivity index (χ0v) is 14.3. The molecular formula is C21H19NO4. The third kappa shape index (κ3) is 4.13. The third-order valence-electron chi connectivity index (χ3n) is 3.74. The van der Waals surface area contributed by atoms with Gasteiger partial charge in [0.05, 0.1) is 12.8 Å². The summed E-state index contributed by atoms with van der Waals surface area (Å²) in [5, 5.41) is 0. The first-order chi connectivity index (χ1) is 12.7. The van der Waals surface area contributed by atoms with E-state index in [1.165, 1.54) is 13.2 Å². The minimum atomic E-state index is -0.510. The number of methoxy groups -OCH3 is 1. The quantitative estimate of drug-likeness (QED) is 0.527. The molecule has 2 N–H and O–H groups in total. The summed E-state index contributed by atoms with van der Waals surface area (Å²) >= 11 is 0. The monoisotopic (exact) mass is 349 g/mol. The summed E-state index contributed by atoms with van der Waals surface area (Å²) in [6.45, 7) is 0.172. The van der Waals surface area contributed by atoms with Crippen molar-refractivity contribution < 1.29 is 19.0 Å². The van der Waals surface area contributed by atoms with Crippen LogP contribution in [0.5, 0.6) is 17.2 Å². The molecule has 0 fully saturated rings. The lowest BCUT2D eigenvalue weighted by Crippen LogP contribution is -2.08. The molecule has 0 aliphatic rings. The summed E-state index contributed by atoms with van der Waals surface area (Å²) in [7, 11) is 1.48. The molecule has 0 spiro atoms. The first-order valence-electron chi connectivity index (χ1n) is 8.09. The van der Waals surface area contributed by atoms with E-state index >= 15 is 0 Å². The summed E-state index contributed by atoms with van der Waals surface area (Å²) in [4.78, 5) is 12.4. The fourth-order valence-electron chi connectivity index (χ4n) is 2.41. The fraction of sp³-hybridized carbons (Fsp3) is 0.0952. The number of carbonyl (C=O) groups is 1. The number of carbonyl (C=O) groups excluding carboxylic acids is 1. The highest BCUT2D eigenvalue weighted by Crippen LogP contribution is 2.34. The van der Waals surface area contributed by atoms with Crippen molar-refractivity contribution in [1.82, 2.24) is 0 Å². The summed E-state index contributed by atoms with van der Waals surface area (Å²) in [6, 6.07) is 21.8. The first kappa shape index (κ1) is 17.4. The predicted molar refractivity (Wildman–Crippen MR) is 99.5 cm³/mol. The van der Waals surface area contributed by atoms with Gasteiger partial charge in [-0.3, -0.25) is 0 Å². The zero-order chi connectivity index (χ0) is 18.4. The van der Waals surface area contributed by atoms with E-state index < -0.39 is 5.97 Å². The van der Waals surface area contributed by atoms with Crippen molar-refractivity contribution in [2.45, 2.75) is 6.61 Å². The highest BCUT2D eigenvalue weighted by molar-refractivity contribution is 5.94. The summed E-state index contributed by atoms with van der Waals surface area (Å²) < 4.78 is 16.4. The molecule has 0 bridgehead atoms. The number of nitrogens with two attached hydrogens (primary N) is 1. The standard InChI is InChI=1S/C21H19NO4/c1-24-19-13-20(26-16-10-6-3-7-11-16)18(22)12-17(19)21(23)25-14-15-8-4-2-5-9-15/h2-13H,14,22H2,1H3. The van der Waals surface area contributed by atoms with E-state index in [4.69, 9.17) is 19.9 Å². The van der Waals surface area contributed by atoms with Crippen molar-refractivity contribution in [3.63, 3.8) is 0 Å². The molecule has 3 aromatic carbocycles. The molecule has 3 rings (SSSR count). The average Bonchev–Trinajstić information content (AvgIpc) is 2.69. The summed E-state index contributed by atoms with van der Waals surface area (Å²) in [6.07, 6.45) is 0. The van der Waals surface area contributed by atoms with Crippen LogP contribution in [-0.4, -0.2) is 13.1 Å². The van der Waals surface area contributed by atoms with E-state index in [0.717, 1.165) is 5.56 Å². The van der Waals surface area contributed by atoms with Crippen LogP contribution in [0.2, 0.25) is 0 Å². The number of para-hydroxylation sites is 1. The van der Waals surface area contributed by atoms with Gasteiger partial charge in [-0.1, -0.05) is 48.5 Å². The Morgan fingerprint density at radius 1 is 0.923 bits per heavy atom. The maximum atomic E-state index is 12.4. The van der Waals surface area contributed by atoms with Crippen LogP contribution in [0.1, 0.15) is 15.9 Å². The summed E-state index contributed by atoms with van der Waals surface area (Å²) in [5.74, 6) is 0.875. The Balaban J connectivity index is 1.79. The second kappa shape index (κ2) is 8.07. The molecule has 0 radical (unpaired) electrons. The van der Waals surface area contributed by atoms with E-state index in [9.17, 15) is 4.79 Å². The lowest BCUT2D eigenvalue weighted by molar-refractivity contribution is 0.0469. The highest BCUT2D eigenvalue weighted by Gasteiger charge is 2.18. The molecular weight excluding hydrogens is 330 g/mol. The fourth-order valence-corrected chi connectivity index (χ4v) is 2.41. The number of rotatable bonds is 6. The molecule has 0 unspecified atom stereocenters. The van der Waals surface area contributed by atoms with E-state index in [2.05, 4.69) is 0 Å². The van der Waals surface area contributed by atoms with Crippen LogP contribution in [0, 0.1) is 0 Å². The molecule has 0 saturated heterocycles. The van der Waals surface area contributed by atoms with Crippen molar-refractivity contribution in [3.8, 4) is 17.2 Å². The van der Waals surface area contributed by atoms with Gasteiger partial charge < -0.3 is 19.9 Å². The lowest BCUT2D eigenvalue weighted by Gasteiger charge is -2.14. The number of benzene rings is 3. The molecule has 0 heterocycles. The van der Waals surface area contributed by atoms with E-state index in [-0.39, 0.29) is 12.2 Å². The molecule has 26 heavy (non-hydrogen) atoms. The number of hydrogen-bond donors (Lipinski definition) is 1. The van der Waals surface area contributed by atoms with Crippen molar-refractivity contribution in [3.05, 3.63) is 83.9 Å². The Hall–Kier alpha value is -3.47. The summed E-state index contributed by atoms with van der Waals surface area (Å²) in [5.41, 5.74) is 7.52. The van der Waals surface area contributed by atoms with Gasteiger partial charge in [0.15, 0.2) is 5.75 Å². The molecule has 0 aliphatic carbocycles. The second-order valence-corrected chi connectivity index (χ2v) is 5.57. The molecule has 3 aromatic rings. The molecule has 0 amide bonds. The van der Waals surface area contributed by atoms with Gasteiger partial charge in [-0.2, -0.15) is 0 Å².